The van der Waals surface area contributed by atoms with Crippen LogP contribution in [0.1, 0.15) is 31.2 Å². The van der Waals surface area contributed by atoms with E-state index >= 15 is 0 Å². The van der Waals surface area contributed by atoms with Crippen molar-refractivity contribution < 1.29 is 4.79 Å². The summed E-state index contributed by atoms with van der Waals surface area (Å²) in [6.07, 6.45) is 6.19. The van der Waals surface area contributed by atoms with Crippen molar-refractivity contribution in [1.82, 2.24) is 14.5 Å². The number of thiophene rings is 1. The number of aromatic nitrogens is 2. The number of amides is 2. The first-order valence-electron chi connectivity index (χ1n) is 6.69. The zero-order valence-corrected chi connectivity index (χ0v) is 12.6. The fourth-order valence-electron chi connectivity index (χ4n) is 2.56. The van der Waals surface area contributed by atoms with Crippen molar-refractivity contribution in [3.05, 3.63) is 28.6 Å². The lowest BCUT2D eigenvalue weighted by atomic mass is 10.2. The molecule has 3 rings (SSSR count). The van der Waals surface area contributed by atoms with E-state index in [1.165, 1.54) is 29.9 Å². The summed E-state index contributed by atoms with van der Waals surface area (Å²) < 4.78 is 3.77. The molecule has 1 N–H and O–H groups in total. The van der Waals surface area contributed by atoms with Crippen LogP contribution in [-0.4, -0.2) is 26.6 Å². The summed E-state index contributed by atoms with van der Waals surface area (Å²) in [6, 6.07) is 2.37. The van der Waals surface area contributed by atoms with Gasteiger partial charge in [-0.2, -0.15) is 11.3 Å². The zero-order valence-electron chi connectivity index (χ0n) is 11.0. The molecular formula is C13H16N4OS2. The molecule has 1 saturated carbocycles. The van der Waals surface area contributed by atoms with Gasteiger partial charge in [-0.15, -0.1) is 5.10 Å². The highest BCUT2D eigenvalue weighted by Gasteiger charge is 2.27. The average molecular weight is 308 g/mol. The number of hydrogen-bond donors (Lipinski definition) is 1. The monoisotopic (exact) mass is 308 g/mol. The number of hydrogen-bond acceptors (Lipinski definition) is 5. The SMILES string of the molecule is O=C(Nc1cnns1)N(Cc1ccsc1)C1CCCC1. The lowest BCUT2D eigenvalue weighted by Crippen LogP contribution is -2.40. The summed E-state index contributed by atoms with van der Waals surface area (Å²) in [6.45, 7) is 0.673. The highest BCUT2D eigenvalue weighted by Crippen LogP contribution is 2.26. The maximum Gasteiger partial charge on any atom is 0.323 e. The molecule has 106 valence electrons. The lowest BCUT2D eigenvalue weighted by molar-refractivity contribution is 0.185. The second-order valence-electron chi connectivity index (χ2n) is 4.91. The normalized spacial score (nSPS) is 15.4. The summed E-state index contributed by atoms with van der Waals surface area (Å²) in [5.41, 5.74) is 1.19. The van der Waals surface area contributed by atoms with Crippen LogP contribution in [0, 0.1) is 0 Å². The van der Waals surface area contributed by atoms with Crippen molar-refractivity contribution in [2.24, 2.45) is 0 Å². The first-order chi connectivity index (χ1) is 9.83. The summed E-state index contributed by atoms with van der Waals surface area (Å²) in [5.74, 6) is 0. The first kappa shape index (κ1) is 13.5. The molecule has 0 spiro atoms. The van der Waals surface area contributed by atoms with E-state index in [2.05, 4.69) is 26.4 Å². The Morgan fingerprint density at radius 3 is 2.95 bits per heavy atom. The van der Waals surface area contributed by atoms with Gasteiger partial charge >= 0.3 is 6.03 Å². The molecule has 7 heteroatoms. The Balaban J connectivity index is 1.72. The van der Waals surface area contributed by atoms with Crippen LogP contribution >= 0.6 is 22.9 Å². The molecule has 2 aromatic heterocycles. The Hall–Kier alpha value is -1.47. The third-order valence-corrected chi connectivity index (χ3v) is 4.86. The van der Waals surface area contributed by atoms with E-state index in [-0.39, 0.29) is 6.03 Å². The summed E-state index contributed by atoms with van der Waals surface area (Å²) in [4.78, 5) is 14.4. The second kappa shape index (κ2) is 6.32. The molecule has 0 aromatic carbocycles. The molecule has 0 radical (unpaired) electrons. The Kier molecular flexibility index (Phi) is 4.27. The smallest absolute Gasteiger partial charge is 0.317 e. The quantitative estimate of drug-likeness (QED) is 0.939. The molecule has 0 saturated heterocycles. The van der Waals surface area contributed by atoms with Gasteiger partial charge in [0.05, 0.1) is 6.20 Å². The van der Waals surface area contributed by atoms with Gasteiger partial charge in [0, 0.05) is 24.1 Å². The van der Waals surface area contributed by atoms with E-state index in [1.54, 1.807) is 17.5 Å². The van der Waals surface area contributed by atoms with Gasteiger partial charge in [-0.25, -0.2) is 4.79 Å². The van der Waals surface area contributed by atoms with Gasteiger partial charge in [0.1, 0.15) is 5.00 Å². The van der Waals surface area contributed by atoms with Crippen LogP contribution in [0.25, 0.3) is 0 Å². The van der Waals surface area contributed by atoms with Crippen molar-refractivity contribution in [1.29, 1.82) is 0 Å². The Morgan fingerprint density at radius 2 is 2.30 bits per heavy atom. The minimum Gasteiger partial charge on any atom is -0.317 e. The molecule has 1 aliphatic rings. The van der Waals surface area contributed by atoms with Gasteiger partial charge in [-0.1, -0.05) is 17.3 Å². The van der Waals surface area contributed by atoms with Gasteiger partial charge in [0.15, 0.2) is 0 Å². The predicted molar refractivity (Wildman–Crippen MR) is 81.0 cm³/mol. The van der Waals surface area contributed by atoms with Gasteiger partial charge in [-0.05, 0) is 35.2 Å². The largest absolute Gasteiger partial charge is 0.323 e. The number of urea groups is 1. The number of anilines is 1. The highest BCUT2D eigenvalue weighted by atomic mass is 32.1. The van der Waals surface area contributed by atoms with Gasteiger partial charge < -0.3 is 4.90 Å². The molecule has 0 bridgehead atoms. The number of rotatable bonds is 4. The molecule has 0 unspecified atom stereocenters. The van der Waals surface area contributed by atoms with Gasteiger partial charge in [-0.3, -0.25) is 5.32 Å². The molecule has 1 aliphatic carbocycles. The molecule has 2 heterocycles. The highest BCUT2D eigenvalue weighted by molar-refractivity contribution is 7.10. The fourth-order valence-corrected chi connectivity index (χ4v) is 3.63. The van der Waals surface area contributed by atoms with Crippen LogP contribution < -0.4 is 5.32 Å². The minimum absolute atomic E-state index is 0.0471. The maximum absolute atomic E-state index is 12.5. The number of carbonyl (C=O) groups is 1. The third-order valence-electron chi connectivity index (χ3n) is 3.55. The molecule has 2 amide bonds. The standard InChI is InChI=1S/C13H16N4OS2/c18-13(15-12-7-14-16-20-12)17(11-3-1-2-4-11)8-10-5-6-19-9-10/h5-7,9,11H,1-4,8H2,(H,15,18). The number of nitrogens with zero attached hydrogens (tertiary/aromatic N) is 3. The maximum atomic E-state index is 12.5. The summed E-state index contributed by atoms with van der Waals surface area (Å²) >= 11 is 2.87. The predicted octanol–water partition coefficient (Wildman–Crippen LogP) is 3.58. The molecule has 2 aromatic rings. The molecule has 20 heavy (non-hydrogen) atoms. The van der Waals surface area contributed by atoms with Crippen LogP contribution in [0.5, 0.6) is 0 Å². The van der Waals surface area contributed by atoms with Crippen molar-refractivity contribution >= 4 is 33.9 Å². The zero-order chi connectivity index (χ0) is 13.8. The van der Waals surface area contributed by atoms with Crippen molar-refractivity contribution in [3.8, 4) is 0 Å². The molecule has 1 fully saturated rings. The lowest BCUT2D eigenvalue weighted by Gasteiger charge is -2.28. The first-order valence-corrected chi connectivity index (χ1v) is 8.40. The van der Waals surface area contributed by atoms with Crippen molar-refractivity contribution in [2.45, 2.75) is 38.3 Å². The fraction of sp³-hybridized carbons (Fsp3) is 0.462. The minimum atomic E-state index is -0.0471. The molecule has 0 aliphatic heterocycles. The van der Waals surface area contributed by atoms with Gasteiger partial charge in [0.2, 0.25) is 0 Å². The summed E-state index contributed by atoms with van der Waals surface area (Å²) in [5, 5.41) is 11.5. The number of nitrogens with one attached hydrogen (secondary N) is 1. The molecular weight excluding hydrogens is 292 g/mol. The van der Waals surface area contributed by atoms with E-state index in [4.69, 9.17) is 0 Å². The molecule has 0 atom stereocenters. The van der Waals surface area contributed by atoms with E-state index in [0.717, 1.165) is 12.8 Å². The van der Waals surface area contributed by atoms with Crippen molar-refractivity contribution in [3.63, 3.8) is 0 Å². The van der Waals surface area contributed by atoms with Crippen LogP contribution in [0.15, 0.2) is 23.0 Å². The summed E-state index contributed by atoms with van der Waals surface area (Å²) in [7, 11) is 0. The van der Waals surface area contributed by atoms with Crippen LogP contribution in [0.2, 0.25) is 0 Å². The van der Waals surface area contributed by atoms with E-state index in [1.807, 2.05) is 10.3 Å². The molecule has 5 nitrogen and oxygen atoms in total. The van der Waals surface area contributed by atoms with Gasteiger partial charge in [0.25, 0.3) is 0 Å². The second-order valence-corrected chi connectivity index (χ2v) is 6.48. The van der Waals surface area contributed by atoms with Crippen molar-refractivity contribution in [2.75, 3.05) is 5.32 Å². The Bertz CT molecular complexity index is 535. The van der Waals surface area contributed by atoms with Crippen LogP contribution in [0.4, 0.5) is 9.80 Å². The van der Waals surface area contributed by atoms with E-state index in [0.29, 0.717) is 17.6 Å². The Labute approximate surface area is 125 Å². The third kappa shape index (κ3) is 3.16. The van der Waals surface area contributed by atoms with Crippen LogP contribution in [-0.2, 0) is 6.54 Å². The topological polar surface area (TPSA) is 58.1 Å². The Morgan fingerprint density at radius 1 is 1.45 bits per heavy atom. The van der Waals surface area contributed by atoms with Crippen LogP contribution in [0.3, 0.4) is 0 Å². The number of carbonyl (C=O) groups excluding carboxylic acids is 1. The van der Waals surface area contributed by atoms with E-state index in [9.17, 15) is 4.79 Å². The average Bonchev–Trinajstić information content (AvgIpc) is 3.19. The van der Waals surface area contributed by atoms with E-state index < -0.39 is 0 Å².